The molecule has 0 radical (unpaired) electrons. The van der Waals surface area contributed by atoms with Gasteiger partial charge in [-0.15, -0.1) is 0 Å². The molecule has 0 bridgehead atoms. The highest BCUT2D eigenvalue weighted by Gasteiger charge is 2.36. The van der Waals surface area contributed by atoms with Crippen LogP contribution < -0.4 is 10.2 Å². The second-order valence-corrected chi connectivity index (χ2v) is 5.87. The average molecular weight is 284 g/mol. The molecule has 3 heterocycles. The van der Waals surface area contributed by atoms with Gasteiger partial charge in [-0.2, -0.15) is 0 Å². The predicted octanol–water partition coefficient (Wildman–Crippen LogP) is 1.80. The van der Waals surface area contributed by atoms with Gasteiger partial charge in [-0.1, -0.05) is 0 Å². The Kier molecular flexibility index (Phi) is 2.78. The third kappa shape index (κ3) is 1.94. The Balaban J connectivity index is 1.80. The molecule has 21 heavy (non-hydrogen) atoms. The van der Waals surface area contributed by atoms with Crippen molar-refractivity contribution in [2.45, 2.75) is 0 Å². The van der Waals surface area contributed by atoms with Crippen molar-refractivity contribution in [1.29, 1.82) is 0 Å². The SMILES string of the molecule is O=[N+]([O-])c1ccc(N2CC3CNCC3C2)c2cnccc12. The van der Waals surface area contributed by atoms with Crippen molar-refractivity contribution in [3.8, 4) is 0 Å². The van der Waals surface area contributed by atoms with Gasteiger partial charge in [-0.05, 0) is 24.0 Å². The van der Waals surface area contributed by atoms with Gasteiger partial charge in [0.15, 0.2) is 0 Å². The van der Waals surface area contributed by atoms with Crippen LogP contribution in [0.2, 0.25) is 0 Å². The molecule has 1 N–H and O–H groups in total. The molecule has 0 aliphatic carbocycles. The minimum atomic E-state index is -0.325. The summed E-state index contributed by atoms with van der Waals surface area (Å²) in [6.07, 6.45) is 3.35. The Hall–Kier alpha value is -2.21. The van der Waals surface area contributed by atoms with E-state index in [-0.39, 0.29) is 10.6 Å². The molecule has 0 saturated carbocycles. The highest BCUT2D eigenvalue weighted by atomic mass is 16.6. The molecule has 2 aliphatic rings. The Bertz CT molecular complexity index is 706. The van der Waals surface area contributed by atoms with Gasteiger partial charge in [0.05, 0.1) is 10.3 Å². The first-order valence-corrected chi connectivity index (χ1v) is 7.21. The van der Waals surface area contributed by atoms with E-state index in [1.54, 1.807) is 24.5 Å². The number of aromatic nitrogens is 1. The standard InChI is InChI=1S/C15H16N4O2/c20-19(21)15-2-1-14(13-7-16-4-3-12(13)15)18-8-10-5-17-6-11(10)9-18/h1-4,7,10-11,17H,5-6,8-9H2. The van der Waals surface area contributed by atoms with Crippen LogP contribution in [0.25, 0.3) is 10.8 Å². The van der Waals surface area contributed by atoms with E-state index in [4.69, 9.17) is 0 Å². The molecule has 0 spiro atoms. The van der Waals surface area contributed by atoms with E-state index in [1.165, 1.54) is 0 Å². The Morgan fingerprint density at radius 3 is 2.67 bits per heavy atom. The Morgan fingerprint density at radius 2 is 1.95 bits per heavy atom. The monoisotopic (exact) mass is 284 g/mol. The van der Waals surface area contributed by atoms with Crippen molar-refractivity contribution in [1.82, 2.24) is 10.3 Å². The molecule has 2 aromatic rings. The summed E-state index contributed by atoms with van der Waals surface area (Å²) < 4.78 is 0. The quantitative estimate of drug-likeness (QED) is 0.672. The van der Waals surface area contributed by atoms with Crippen LogP contribution in [0.1, 0.15) is 0 Å². The van der Waals surface area contributed by atoms with Gasteiger partial charge >= 0.3 is 0 Å². The van der Waals surface area contributed by atoms with Crippen molar-refractivity contribution in [3.63, 3.8) is 0 Å². The number of hydrogen-bond acceptors (Lipinski definition) is 5. The molecule has 1 aromatic carbocycles. The number of nitrogens with zero attached hydrogens (tertiary/aromatic N) is 3. The lowest BCUT2D eigenvalue weighted by molar-refractivity contribution is -0.383. The van der Waals surface area contributed by atoms with Crippen LogP contribution in [0.5, 0.6) is 0 Å². The molecule has 6 nitrogen and oxygen atoms in total. The largest absolute Gasteiger partial charge is 0.370 e. The summed E-state index contributed by atoms with van der Waals surface area (Å²) >= 11 is 0. The molecule has 2 fully saturated rings. The van der Waals surface area contributed by atoms with Crippen LogP contribution in [0, 0.1) is 22.0 Å². The second kappa shape index (κ2) is 4.66. The molecule has 1 aromatic heterocycles. The Labute approximate surface area is 121 Å². The molecular weight excluding hydrogens is 268 g/mol. The maximum absolute atomic E-state index is 11.2. The fourth-order valence-corrected chi connectivity index (χ4v) is 3.65. The first kappa shape index (κ1) is 12.5. The molecule has 2 aliphatic heterocycles. The van der Waals surface area contributed by atoms with Crippen LogP contribution in [-0.4, -0.2) is 36.1 Å². The fourth-order valence-electron chi connectivity index (χ4n) is 3.65. The van der Waals surface area contributed by atoms with Crippen molar-refractivity contribution in [2.24, 2.45) is 11.8 Å². The number of nitrogens with one attached hydrogen (secondary N) is 1. The molecular formula is C15H16N4O2. The van der Waals surface area contributed by atoms with Gasteiger partial charge < -0.3 is 10.2 Å². The summed E-state index contributed by atoms with van der Waals surface area (Å²) in [5, 5.41) is 16.1. The summed E-state index contributed by atoms with van der Waals surface area (Å²) in [4.78, 5) is 17.4. The number of benzene rings is 1. The lowest BCUT2D eigenvalue weighted by Gasteiger charge is -2.21. The van der Waals surface area contributed by atoms with Crippen molar-refractivity contribution < 1.29 is 4.92 Å². The summed E-state index contributed by atoms with van der Waals surface area (Å²) in [6, 6.07) is 5.22. The highest BCUT2D eigenvalue weighted by Crippen LogP contribution is 2.37. The van der Waals surface area contributed by atoms with E-state index < -0.39 is 0 Å². The van der Waals surface area contributed by atoms with Crippen molar-refractivity contribution in [2.75, 3.05) is 31.1 Å². The number of nitro benzene ring substituents is 1. The van der Waals surface area contributed by atoms with Crippen LogP contribution in [0.4, 0.5) is 11.4 Å². The summed E-state index contributed by atoms with van der Waals surface area (Å²) in [5.74, 6) is 1.37. The zero-order valence-electron chi connectivity index (χ0n) is 11.5. The normalized spacial score (nSPS) is 24.5. The van der Waals surface area contributed by atoms with Crippen LogP contribution in [0.3, 0.4) is 0 Å². The predicted molar refractivity (Wildman–Crippen MR) is 80.5 cm³/mol. The van der Waals surface area contributed by atoms with Crippen LogP contribution in [0.15, 0.2) is 30.6 Å². The smallest absolute Gasteiger partial charge is 0.277 e. The van der Waals surface area contributed by atoms with Gasteiger partial charge in [-0.3, -0.25) is 15.1 Å². The molecule has 2 unspecified atom stereocenters. The molecule has 108 valence electrons. The number of nitro groups is 1. The van der Waals surface area contributed by atoms with E-state index in [0.29, 0.717) is 17.2 Å². The van der Waals surface area contributed by atoms with E-state index in [2.05, 4.69) is 15.2 Å². The number of non-ortho nitro benzene ring substituents is 1. The second-order valence-electron chi connectivity index (χ2n) is 5.87. The summed E-state index contributed by atoms with van der Waals surface area (Å²) in [5.41, 5.74) is 1.22. The molecule has 2 atom stereocenters. The molecule has 6 heteroatoms. The number of hydrogen-bond donors (Lipinski definition) is 1. The maximum Gasteiger partial charge on any atom is 0.277 e. The summed E-state index contributed by atoms with van der Waals surface area (Å²) in [6.45, 7) is 4.17. The molecule has 2 saturated heterocycles. The van der Waals surface area contributed by atoms with Gasteiger partial charge in [0.2, 0.25) is 0 Å². The molecule has 0 amide bonds. The first-order valence-electron chi connectivity index (χ1n) is 7.21. The van der Waals surface area contributed by atoms with Crippen molar-refractivity contribution >= 4 is 22.1 Å². The fraction of sp³-hybridized carbons (Fsp3) is 0.400. The van der Waals surface area contributed by atoms with Gasteiger partial charge in [-0.25, -0.2) is 0 Å². The third-order valence-corrected chi connectivity index (χ3v) is 4.70. The number of anilines is 1. The van der Waals surface area contributed by atoms with Gasteiger partial charge in [0.1, 0.15) is 0 Å². The number of rotatable bonds is 2. The van der Waals surface area contributed by atoms with E-state index in [1.807, 2.05) is 6.07 Å². The van der Waals surface area contributed by atoms with E-state index >= 15 is 0 Å². The third-order valence-electron chi connectivity index (χ3n) is 4.70. The number of fused-ring (bicyclic) bond motifs is 2. The zero-order chi connectivity index (χ0) is 14.4. The topological polar surface area (TPSA) is 71.3 Å². The lowest BCUT2D eigenvalue weighted by atomic mass is 10.0. The molecule has 4 rings (SSSR count). The van der Waals surface area contributed by atoms with Gasteiger partial charge in [0.25, 0.3) is 5.69 Å². The average Bonchev–Trinajstić information content (AvgIpc) is 3.07. The van der Waals surface area contributed by atoms with Crippen LogP contribution >= 0.6 is 0 Å². The number of pyridine rings is 1. The minimum absolute atomic E-state index is 0.150. The summed E-state index contributed by atoms with van der Waals surface area (Å²) in [7, 11) is 0. The first-order chi connectivity index (χ1) is 10.2. The van der Waals surface area contributed by atoms with E-state index in [9.17, 15) is 10.1 Å². The highest BCUT2D eigenvalue weighted by molar-refractivity contribution is 5.99. The zero-order valence-corrected chi connectivity index (χ0v) is 11.5. The van der Waals surface area contributed by atoms with E-state index in [0.717, 1.165) is 37.3 Å². The van der Waals surface area contributed by atoms with Gasteiger partial charge in [0, 0.05) is 55.7 Å². The minimum Gasteiger partial charge on any atom is -0.370 e. The van der Waals surface area contributed by atoms with Crippen LogP contribution in [-0.2, 0) is 0 Å². The lowest BCUT2D eigenvalue weighted by Crippen LogP contribution is -2.25. The Morgan fingerprint density at radius 1 is 1.19 bits per heavy atom. The maximum atomic E-state index is 11.2. The van der Waals surface area contributed by atoms with Crippen molar-refractivity contribution in [3.05, 3.63) is 40.7 Å².